The van der Waals surface area contributed by atoms with E-state index in [1.54, 1.807) is 18.4 Å². The maximum atomic E-state index is 12.8. The van der Waals surface area contributed by atoms with E-state index in [4.69, 9.17) is 4.74 Å². The van der Waals surface area contributed by atoms with Crippen molar-refractivity contribution in [1.82, 2.24) is 14.9 Å². The molecule has 3 heterocycles. The van der Waals surface area contributed by atoms with Crippen LogP contribution in [0, 0.1) is 0 Å². The normalized spacial score (nSPS) is 11.1. The molecule has 0 bridgehead atoms. The minimum atomic E-state index is -0.187. The van der Waals surface area contributed by atoms with Gasteiger partial charge in [-0.3, -0.25) is 14.2 Å². The highest BCUT2D eigenvalue weighted by molar-refractivity contribution is 7.18. The lowest BCUT2D eigenvalue weighted by Gasteiger charge is -2.07. The number of nitrogens with zero attached hydrogens (tertiary/aromatic N) is 2. The van der Waals surface area contributed by atoms with Gasteiger partial charge in [0.2, 0.25) is 5.91 Å². The monoisotopic (exact) mass is 377 g/mol. The fourth-order valence-electron chi connectivity index (χ4n) is 2.50. The van der Waals surface area contributed by atoms with E-state index in [0.717, 1.165) is 23.3 Å². The number of hydrogen-bond donors (Lipinski definition) is 1. The third-order valence-electron chi connectivity index (χ3n) is 3.76. The SMILES string of the molecule is COCCCCNC(=O)Cn1cnc2scc(-c3cccs3)c2c1=O. The predicted octanol–water partition coefficient (Wildman–Crippen LogP) is 2.73. The summed E-state index contributed by atoms with van der Waals surface area (Å²) in [6.07, 6.45) is 3.19. The Bertz CT molecular complexity index is 900. The molecule has 25 heavy (non-hydrogen) atoms. The second kappa shape index (κ2) is 8.37. The van der Waals surface area contributed by atoms with Crippen molar-refractivity contribution in [3.8, 4) is 10.4 Å². The van der Waals surface area contributed by atoms with Gasteiger partial charge in [-0.15, -0.1) is 22.7 Å². The zero-order chi connectivity index (χ0) is 17.6. The lowest BCUT2D eigenvalue weighted by atomic mass is 10.2. The summed E-state index contributed by atoms with van der Waals surface area (Å²) in [4.78, 5) is 30.9. The number of nitrogens with one attached hydrogen (secondary N) is 1. The Kier molecular flexibility index (Phi) is 5.95. The fourth-order valence-corrected chi connectivity index (χ4v) is 4.22. The maximum Gasteiger partial charge on any atom is 0.263 e. The number of rotatable bonds is 8. The van der Waals surface area contributed by atoms with Gasteiger partial charge in [0.1, 0.15) is 11.4 Å². The third kappa shape index (κ3) is 4.15. The van der Waals surface area contributed by atoms with Crippen LogP contribution in [0.1, 0.15) is 12.8 Å². The van der Waals surface area contributed by atoms with E-state index >= 15 is 0 Å². The molecule has 3 aromatic rings. The summed E-state index contributed by atoms with van der Waals surface area (Å²) in [6.45, 7) is 1.23. The first-order chi connectivity index (χ1) is 12.2. The quantitative estimate of drug-likeness (QED) is 0.613. The second-order valence-corrected chi connectivity index (χ2v) is 7.34. The second-order valence-electron chi connectivity index (χ2n) is 5.53. The maximum absolute atomic E-state index is 12.8. The molecule has 1 amide bonds. The van der Waals surface area contributed by atoms with Crippen LogP contribution in [-0.2, 0) is 16.1 Å². The number of carbonyl (C=O) groups is 1. The molecule has 0 aliphatic carbocycles. The Morgan fingerprint density at radius 3 is 3.00 bits per heavy atom. The molecule has 0 atom stereocenters. The Labute approximate surface area is 153 Å². The minimum absolute atomic E-state index is 0.0220. The molecule has 6 nitrogen and oxygen atoms in total. The average molecular weight is 377 g/mol. The van der Waals surface area contributed by atoms with Crippen molar-refractivity contribution in [3.63, 3.8) is 0 Å². The molecule has 0 unspecified atom stereocenters. The first-order valence-corrected chi connectivity index (χ1v) is 9.73. The van der Waals surface area contributed by atoms with Gasteiger partial charge in [0.05, 0.1) is 11.7 Å². The minimum Gasteiger partial charge on any atom is -0.385 e. The molecule has 0 saturated carbocycles. The first kappa shape index (κ1) is 17.8. The summed E-state index contributed by atoms with van der Waals surface area (Å²) in [5.41, 5.74) is 0.714. The highest BCUT2D eigenvalue weighted by atomic mass is 32.1. The van der Waals surface area contributed by atoms with Crippen molar-refractivity contribution < 1.29 is 9.53 Å². The van der Waals surface area contributed by atoms with Gasteiger partial charge in [0, 0.05) is 36.1 Å². The molecule has 0 spiro atoms. The van der Waals surface area contributed by atoms with E-state index in [1.807, 2.05) is 22.9 Å². The van der Waals surface area contributed by atoms with Gasteiger partial charge in [0.15, 0.2) is 0 Å². The van der Waals surface area contributed by atoms with Crippen LogP contribution in [0.5, 0.6) is 0 Å². The van der Waals surface area contributed by atoms with Crippen molar-refractivity contribution in [3.05, 3.63) is 39.6 Å². The van der Waals surface area contributed by atoms with Crippen molar-refractivity contribution >= 4 is 38.8 Å². The number of aromatic nitrogens is 2. The van der Waals surface area contributed by atoms with E-state index in [0.29, 0.717) is 23.4 Å². The lowest BCUT2D eigenvalue weighted by molar-refractivity contribution is -0.121. The highest BCUT2D eigenvalue weighted by Gasteiger charge is 2.15. The molecule has 0 saturated heterocycles. The largest absolute Gasteiger partial charge is 0.385 e. The number of unbranched alkanes of at least 4 members (excludes halogenated alkanes) is 1. The van der Waals surface area contributed by atoms with Crippen molar-refractivity contribution in [2.24, 2.45) is 0 Å². The molecular formula is C17H19N3O3S2. The Morgan fingerprint density at radius 2 is 2.24 bits per heavy atom. The van der Waals surface area contributed by atoms with Crippen molar-refractivity contribution in [2.45, 2.75) is 19.4 Å². The molecule has 0 aliphatic heterocycles. The van der Waals surface area contributed by atoms with Gasteiger partial charge < -0.3 is 10.1 Å². The van der Waals surface area contributed by atoms with Crippen molar-refractivity contribution in [1.29, 1.82) is 0 Å². The van der Waals surface area contributed by atoms with Gasteiger partial charge in [-0.25, -0.2) is 4.98 Å². The molecule has 0 aromatic carbocycles. The zero-order valence-electron chi connectivity index (χ0n) is 13.9. The Balaban J connectivity index is 1.74. The lowest BCUT2D eigenvalue weighted by Crippen LogP contribution is -2.33. The highest BCUT2D eigenvalue weighted by Crippen LogP contribution is 2.33. The molecule has 3 rings (SSSR count). The molecule has 1 N–H and O–H groups in total. The molecule has 8 heteroatoms. The van der Waals surface area contributed by atoms with Crippen LogP contribution in [0.25, 0.3) is 20.7 Å². The van der Waals surface area contributed by atoms with Crippen LogP contribution in [0.2, 0.25) is 0 Å². The van der Waals surface area contributed by atoms with E-state index in [9.17, 15) is 9.59 Å². The molecule has 0 aliphatic rings. The number of methoxy groups -OCH3 is 1. The number of hydrogen-bond acceptors (Lipinski definition) is 6. The number of fused-ring (bicyclic) bond motifs is 1. The summed E-state index contributed by atoms with van der Waals surface area (Å²) >= 11 is 3.03. The zero-order valence-corrected chi connectivity index (χ0v) is 15.5. The summed E-state index contributed by atoms with van der Waals surface area (Å²) in [6, 6.07) is 3.94. The van der Waals surface area contributed by atoms with Crippen LogP contribution in [-0.4, -0.2) is 35.7 Å². The standard InChI is InChI=1S/C17H19N3O3S2/c1-23-7-3-2-6-18-14(21)9-20-11-19-16-15(17(20)22)12(10-25-16)13-5-4-8-24-13/h4-5,8,10-11H,2-3,6-7,9H2,1H3,(H,18,21). The average Bonchev–Trinajstić information content (AvgIpc) is 3.26. The van der Waals surface area contributed by atoms with E-state index in [-0.39, 0.29) is 18.0 Å². The van der Waals surface area contributed by atoms with Gasteiger partial charge >= 0.3 is 0 Å². The number of thiophene rings is 2. The molecule has 0 radical (unpaired) electrons. The fraction of sp³-hybridized carbons (Fsp3) is 0.353. The van der Waals surface area contributed by atoms with Gasteiger partial charge in [-0.05, 0) is 24.3 Å². The van der Waals surface area contributed by atoms with Crippen LogP contribution in [0.15, 0.2) is 34.0 Å². The summed E-state index contributed by atoms with van der Waals surface area (Å²) in [5, 5.41) is 7.34. The number of carbonyl (C=O) groups excluding carboxylic acids is 1. The molecule has 132 valence electrons. The first-order valence-electron chi connectivity index (χ1n) is 7.97. The van der Waals surface area contributed by atoms with Gasteiger partial charge in [-0.2, -0.15) is 0 Å². The van der Waals surface area contributed by atoms with Crippen LogP contribution in [0.4, 0.5) is 0 Å². The summed E-state index contributed by atoms with van der Waals surface area (Å²) < 4.78 is 6.34. The van der Waals surface area contributed by atoms with E-state index in [1.165, 1.54) is 22.2 Å². The van der Waals surface area contributed by atoms with Crippen LogP contribution in [0.3, 0.4) is 0 Å². The topological polar surface area (TPSA) is 73.2 Å². The van der Waals surface area contributed by atoms with E-state index in [2.05, 4.69) is 10.3 Å². The number of amides is 1. The number of ether oxygens (including phenoxy) is 1. The van der Waals surface area contributed by atoms with Crippen molar-refractivity contribution in [2.75, 3.05) is 20.3 Å². The molecule has 0 fully saturated rings. The Hall–Kier alpha value is -2.03. The Morgan fingerprint density at radius 1 is 1.36 bits per heavy atom. The van der Waals surface area contributed by atoms with Crippen LogP contribution < -0.4 is 10.9 Å². The van der Waals surface area contributed by atoms with Gasteiger partial charge in [-0.1, -0.05) is 6.07 Å². The summed E-state index contributed by atoms with van der Waals surface area (Å²) in [5.74, 6) is -0.187. The predicted molar refractivity (Wildman–Crippen MR) is 101 cm³/mol. The summed E-state index contributed by atoms with van der Waals surface area (Å²) in [7, 11) is 1.66. The van der Waals surface area contributed by atoms with Crippen LogP contribution >= 0.6 is 22.7 Å². The molecular weight excluding hydrogens is 358 g/mol. The van der Waals surface area contributed by atoms with Gasteiger partial charge in [0.25, 0.3) is 5.56 Å². The smallest absolute Gasteiger partial charge is 0.263 e. The third-order valence-corrected chi connectivity index (χ3v) is 5.55. The van der Waals surface area contributed by atoms with E-state index < -0.39 is 0 Å². The molecule has 3 aromatic heterocycles.